The molecule has 1 aromatic rings. The third-order valence-electron chi connectivity index (χ3n) is 3.22. The SMILES string of the molecule is CC(C)(C)NC(=O)OC1CCN(c2cccc(Br)n2)CC1. The number of nitrogens with zero attached hydrogens (tertiary/aromatic N) is 2. The van der Waals surface area contributed by atoms with Crippen molar-refractivity contribution in [3.05, 3.63) is 22.8 Å². The number of alkyl carbamates (subject to hydrolysis) is 1. The lowest BCUT2D eigenvalue weighted by Gasteiger charge is -2.33. The molecule has 116 valence electrons. The van der Waals surface area contributed by atoms with Crippen LogP contribution in [0.2, 0.25) is 0 Å². The number of ether oxygens (including phenoxy) is 1. The van der Waals surface area contributed by atoms with Gasteiger partial charge in [0.05, 0.1) is 0 Å². The summed E-state index contributed by atoms with van der Waals surface area (Å²) in [7, 11) is 0. The minimum absolute atomic E-state index is 0.0178. The van der Waals surface area contributed by atoms with Crippen LogP contribution in [-0.4, -0.2) is 35.8 Å². The van der Waals surface area contributed by atoms with Crippen LogP contribution in [0.25, 0.3) is 0 Å². The molecule has 0 aliphatic carbocycles. The molecule has 1 amide bonds. The van der Waals surface area contributed by atoms with Crippen LogP contribution in [-0.2, 0) is 4.74 Å². The standard InChI is InChI=1S/C15H22BrN3O2/c1-15(2,3)18-14(20)21-11-7-9-19(10-8-11)13-6-4-5-12(16)17-13/h4-6,11H,7-10H2,1-3H3,(H,18,20). The molecule has 1 saturated heterocycles. The lowest BCUT2D eigenvalue weighted by molar-refractivity contribution is 0.0776. The predicted octanol–water partition coefficient (Wildman–Crippen LogP) is 3.34. The number of halogens is 1. The Morgan fingerprint density at radius 2 is 2.05 bits per heavy atom. The number of piperidine rings is 1. The Morgan fingerprint density at radius 3 is 2.62 bits per heavy atom. The molecule has 2 rings (SSSR count). The average molecular weight is 356 g/mol. The van der Waals surface area contributed by atoms with E-state index in [-0.39, 0.29) is 17.7 Å². The second-order valence-electron chi connectivity index (χ2n) is 6.29. The Kier molecular flexibility index (Phi) is 5.08. The Labute approximate surface area is 134 Å². The average Bonchev–Trinajstić information content (AvgIpc) is 2.37. The van der Waals surface area contributed by atoms with E-state index in [0.717, 1.165) is 36.4 Å². The van der Waals surface area contributed by atoms with Crippen LogP contribution in [0.1, 0.15) is 33.6 Å². The summed E-state index contributed by atoms with van der Waals surface area (Å²) in [6.07, 6.45) is 1.30. The Balaban J connectivity index is 1.82. The Morgan fingerprint density at radius 1 is 1.38 bits per heavy atom. The number of aromatic nitrogens is 1. The van der Waals surface area contributed by atoms with Gasteiger partial charge in [-0.15, -0.1) is 0 Å². The number of hydrogen-bond donors (Lipinski definition) is 1. The van der Waals surface area contributed by atoms with Gasteiger partial charge in [-0.25, -0.2) is 9.78 Å². The molecule has 2 heterocycles. The summed E-state index contributed by atoms with van der Waals surface area (Å²) in [5.74, 6) is 0.960. The van der Waals surface area contributed by atoms with Crippen LogP contribution in [0.4, 0.5) is 10.6 Å². The number of anilines is 1. The molecule has 6 heteroatoms. The summed E-state index contributed by atoms with van der Waals surface area (Å²) >= 11 is 3.39. The van der Waals surface area contributed by atoms with Crippen LogP contribution >= 0.6 is 15.9 Å². The van der Waals surface area contributed by atoms with Gasteiger partial charge in [-0.1, -0.05) is 6.07 Å². The van der Waals surface area contributed by atoms with Crippen molar-refractivity contribution in [2.75, 3.05) is 18.0 Å². The van der Waals surface area contributed by atoms with Crippen molar-refractivity contribution < 1.29 is 9.53 Å². The number of nitrogens with one attached hydrogen (secondary N) is 1. The van der Waals surface area contributed by atoms with Crippen LogP contribution < -0.4 is 10.2 Å². The topological polar surface area (TPSA) is 54.5 Å². The first-order chi connectivity index (χ1) is 9.83. The van der Waals surface area contributed by atoms with Crippen LogP contribution in [0.3, 0.4) is 0 Å². The molecule has 5 nitrogen and oxygen atoms in total. The lowest BCUT2D eigenvalue weighted by Crippen LogP contribution is -2.44. The van der Waals surface area contributed by atoms with Gasteiger partial charge in [-0.05, 0) is 48.8 Å². The lowest BCUT2D eigenvalue weighted by atomic mass is 10.1. The zero-order chi connectivity index (χ0) is 15.5. The van der Waals surface area contributed by atoms with E-state index in [4.69, 9.17) is 4.74 Å². The molecule has 1 fully saturated rings. The van der Waals surface area contributed by atoms with Gasteiger partial charge >= 0.3 is 6.09 Å². The maximum Gasteiger partial charge on any atom is 0.407 e. The van der Waals surface area contributed by atoms with Crippen molar-refractivity contribution in [3.63, 3.8) is 0 Å². The van der Waals surface area contributed by atoms with Gasteiger partial charge < -0.3 is 15.0 Å². The van der Waals surface area contributed by atoms with E-state index >= 15 is 0 Å². The first-order valence-electron chi connectivity index (χ1n) is 7.20. The molecule has 0 spiro atoms. The number of rotatable bonds is 2. The van der Waals surface area contributed by atoms with Crippen molar-refractivity contribution in [1.29, 1.82) is 0 Å². The van der Waals surface area contributed by atoms with Crippen molar-refractivity contribution >= 4 is 27.8 Å². The highest BCUT2D eigenvalue weighted by Crippen LogP contribution is 2.21. The minimum atomic E-state index is -0.332. The van der Waals surface area contributed by atoms with Gasteiger partial charge in [0.25, 0.3) is 0 Å². The van der Waals surface area contributed by atoms with Gasteiger partial charge in [-0.3, -0.25) is 0 Å². The fraction of sp³-hybridized carbons (Fsp3) is 0.600. The molecule has 0 unspecified atom stereocenters. The van der Waals surface area contributed by atoms with Gasteiger partial charge in [0, 0.05) is 31.5 Å². The molecule has 0 saturated carbocycles. The zero-order valence-electron chi connectivity index (χ0n) is 12.7. The number of amides is 1. The molecule has 1 aliphatic rings. The molecule has 1 aromatic heterocycles. The smallest absolute Gasteiger partial charge is 0.407 e. The summed E-state index contributed by atoms with van der Waals surface area (Å²) in [4.78, 5) is 18.4. The fourth-order valence-corrected chi connectivity index (χ4v) is 2.60. The third-order valence-corrected chi connectivity index (χ3v) is 3.66. The first-order valence-corrected chi connectivity index (χ1v) is 7.99. The number of pyridine rings is 1. The fourth-order valence-electron chi connectivity index (χ4n) is 2.26. The Bertz CT molecular complexity index is 494. The first kappa shape index (κ1) is 16.1. The number of carbonyl (C=O) groups excluding carboxylic acids is 1. The van der Waals surface area contributed by atoms with Crippen molar-refractivity contribution in [1.82, 2.24) is 10.3 Å². The summed E-state index contributed by atoms with van der Waals surface area (Å²) in [5, 5.41) is 2.82. The highest BCUT2D eigenvalue weighted by atomic mass is 79.9. The van der Waals surface area contributed by atoms with Crippen LogP contribution in [0, 0.1) is 0 Å². The van der Waals surface area contributed by atoms with E-state index < -0.39 is 0 Å². The summed E-state index contributed by atoms with van der Waals surface area (Å²) in [6, 6.07) is 5.89. The normalized spacial score (nSPS) is 16.7. The monoisotopic (exact) mass is 355 g/mol. The molecule has 0 radical (unpaired) electrons. The maximum absolute atomic E-state index is 11.8. The quantitative estimate of drug-likeness (QED) is 0.826. The van der Waals surface area contributed by atoms with E-state index in [9.17, 15) is 4.79 Å². The molecular weight excluding hydrogens is 334 g/mol. The van der Waals surface area contributed by atoms with Crippen LogP contribution in [0.15, 0.2) is 22.8 Å². The summed E-state index contributed by atoms with van der Waals surface area (Å²) in [6.45, 7) is 7.51. The van der Waals surface area contributed by atoms with E-state index in [1.165, 1.54) is 0 Å². The predicted molar refractivity (Wildman–Crippen MR) is 86.5 cm³/mol. The molecule has 0 bridgehead atoms. The van der Waals surface area contributed by atoms with E-state index in [1.54, 1.807) is 0 Å². The highest BCUT2D eigenvalue weighted by molar-refractivity contribution is 9.10. The van der Waals surface area contributed by atoms with E-state index in [2.05, 4.69) is 31.1 Å². The Hall–Kier alpha value is -1.30. The second kappa shape index (κ2) is 6.64. The minimum Gasteiger partial charge on any atom is -0.446 e. The van der Waals surface area contributed by atoms with Crippen molar-refractivity contribution in [2.45, 2.75) is 45.3 Å². The van der Waals surface area contributed by atoms with E-state index in [1.807, 2.05) is 39.0 Å². The van der Waals surface area contributed by atoms with Gasteiger partial charge in [-0.2, -0.15) is 0 Å². The summed E-state index contributed by atoms with van der Waals surface area (Å²) in [5.41, 5.74) is -0.266. The molecule has 0 atom stereocenters. The molecule has 0 aromatic carbocycles. The molecule has 21 heavy (non-hydrogen) atoms. The molecule has 1 N–H and O–H groups in total. The van der Waals surface area contributed by atoms with Gasteiger partial charge in [0.2, 0.25) is 0 Å². The molecule has 1 aliphatic heterocycles. The molecular formula is C15H22BrN3O2. The number of carbonyl (C=O) groups is 1. The van der Waals surface area contributed by atoms with Crippen molar-refractivity contribution in [2.24, 2.45) is 0 Å². The van der Waals surface area contributed by atoms with Crippen molar-refractivity contribution in [3.8, 4) is 0 Å². The maximum atomic E-state index is 11.8. The number of hydrogen-bond acceptors (Lipinski definition) is 4. The van der Waals surface area contributed by atoms with Gasteiger partial charge in [0.1, 0.15) is 16.5 Å². The largest absolute Gasteiger partial charge is 0.446 e. The highest BCUT2D eigenvalue weighted by Gasteiger charge is 2.24. The summed E-state index contributed by atoms with van der Waals surface area (Å²) < 4.78 is 6.30. The van der Waals surface area contributed by atoms with Gasteiger partial charge in [0.15, 0.2) is 0 Å². The zero-order valence-corrected chi connectivity index (χ0v) is 14.3. The third kappa shape index (κ3) is 5.19. The van der Waals surface area contributed by atoms with E-state index in [0.29, 0.717) is 0 Å². The second-order valence-corrected chi connectivity index (χ2v) is 7.10. The van der Waals surface area contributed by atoms with Crippen LogP contribution in [0.5, 0.6) is 0 Å².